The van der Waals surface area contributed by atoms with Crippen LogP contribution in [-0.4, -0.2) is 80.2 Å². The zero-order valence-corrected chi connectivity index (χ0v) is 23.1. The third kappa shape index (κ3) is 3.13. The standard InChI is InChI=1S/C29H36O11/c1-14(7-16-8-15(2)23(33)36-16)22(32)24(3)5-6-26-12-27-19(10-20(31)39-27)38-25(4,13-30)21(27)17-9-18(26)29(35,37-17)28(34,11-24)40-26/h7-8,14,17-19,21,30,34-35H,5-6,9-13H2,1-4H3/b16-7-/t14-,17-,18+,19+,21-,24-,25-,26-,27-,28-,29+/m0/s1. The number of rotatable bonds is 4. The van der Waals surface area contributed by atoms with Crippen LogP contribution in [0.25, 0.3) is 0 Å². The van der Waals surface area contributed by atoms with E-state index in [2.05, 4.69) is 0 Å². The van der Waals surface area contributed by atoms with E-state index in [1.54, 1.807) is 39.8 Å². The number of aliphatic hydroxyl groups excluding tert-OH is 1. The second-order valence-corrected chi connectivity index (χ2v) is 13.6. The number of carbonyl (C=O) groups excluding carboxylic acids is 3. The number of fused-ring (bicyclic) bond motifs is 4. The Morgan fingerprint density at radius 2 is 1.93 bits per heavy atom. The molecule has 7 aliphatic rings. The van der Waals surface area contributed by atoms with Gasteiger partial charge in [0.2, 0.25) is 11.6 Å². The fourth-order valence-corrected chi connectivity index (χ4v) is 9.30. The molecule has 6 fully saturated rings. The van der Waals surface area contributed by atoms with Gasteiger partial charge in [-0.25, -0.2) is 4.79 Å². The monoisotopic (exact) mass is 560 g/mol. The minimum Gasteiger partial charge on any atom is -0.456 e. The van der Waals surface area contributed by atoms with Crippen LogP contribution in [-0.2, 0) is 38.1 Å². The van der Waals surface area contributed by atoms with Gasteiger partial charge in [0.1, 0.15) is 23.2 Å². The van der Waals surface area contributed by atoms with Crippen LogP contribution in [0.1, 0.15) is 66.2 Å². The van der Waals surface area contributed by atoms with Gasteiger partial charge in [-0.3, -0.25) is 9.59 Å². The van der Waals surface area contributed by atoms with Crippen LogP contribution in [0.3, 0.4) is 0 Å². The van der Waals surface area contributed by atoms with E-state index in [1.165, 1.54) is 0 Å². The number of esters is 2. The molecule has 11 heteroatoms. The van der Waals surface area contributed by atoms with Crippen molar-refractivity contribution in [2.75, 3.05) is 6.61 Å². The molecule has 40 heavy (non-hydrogen) atoms. The molecule has 3 N–H and O–H groups in total. The summed E-state index contributed by atoms with van der Waals surface area (Å²) in [5.74, 6) is -6.96. The summed E-state index contributed by atoms with van der Waals surface area (Å²) < 4.78 is 30.4. The second-order valence-electron chi connectivity index (χ2n) is 13.6. The lowest BCUT2D eigenvalue weighted by Crippen LogP contribution is -2.60. The molecule has 11 atom stereocenters. The molecule has 0 radical (unpaired) electrons. The molecule has 6 aliphatic heterocycles. The van der Waals surface area contributed by atoms with Crippen molar-refractivity contribution in [2.24, 2.45) is 23.2 Å². The highest BCUT2D eigenvalue weighted by Gasteiger charge is 2.84. The highest BCUT2D eigenvalue weighted by atomic mass is 16.8. The highest BCUT2D eigenvalue weighted by Crippen LogP contribution is 2.71. The van der Waals surface area contributed by atoms with Gasteiger partial charge in [0, 0.05) is 29.7 Å². The Morgan fingerprint density at radius 3 is 2.60 bits per heavy atom. The lowest BCUT2D eigenvalue weighted by Gasteiger charge is -2.46. The second kappa shape index (κ2) is 7.81. The first-order valence-electron chi connectivity index (χ1n) is 14.1. The molecule has 2 spiro atoms. The van der Waals surface area contributed by atoms with Gasteiger partial charge in [0.15, 0.2) is 0 Å². The zero-order valence-electron chi connectivity index (χ0n) is 23.1. The van der Waals surface area contributed by atoms with Gasteiger partial charge in [-0.05, 0) is 45.3 Å². The first kappa shape index (κ1) is 26.7. The average molecular weight is 561 g/mol. The van der Waals surface area contributed by atoms with E-state index in [9.17, 15) is 29.7 Å². The van der Waals surface area contributed by atoms with Crippen molar-refractivity contribution in [3.8, 4) is 0 Å². The lowest BCUT2D eigenvalue weighted by atomic mass is 9.63. The quantitative estimate of drug-likeness (QED) is 0.424. The van der Waals surface area contributed by atoms with Crippen LogP contribution in [0.4, 0.5) is 0 Å². The average Bonchev–Trinajstić information content (AvgIpc) is 3.53. The normalized spacial score (nSPS) is 53.9. The van der Waals surface area contributed by atoms with Gasteiger partial charge in [-0.15, -0.1) is 0 Å². The zero-order chi connectivity index (χ0) is 28.7. The number of hydrogen-bond acceptors (Lipinski definition) is 11. The van der Waals surface area contributed by atoms with Crippen molar-refractivity contribution in [1.29, 1.82) is 0 Å². The van der Waals surface area contributed by atoms with Crippen LogP contribution in [0, 0.1) is 23.2 Å². The minimum absolute atomic E-state index is 0.0228. The maximum absolute atomic E-state index is 13.9. The smallest absolute Gasteiger partial charge is 0.339 e. The molecule has 0 aromatic rings. The summed E-state index contributed by atoms with van der Waals surface area (Å²) in [5.41, 5.74) is -4.09. The molecule has 0 aromatic heterocycles. The number of cyclic esters (lactones) is 1. The molecule has 6 heterocycles. The van der Waals surface area contributed by atoms with E-state index in [0.29, 0.717) is 30.6 Å². The molecule has 5 saturated heterocycles. The van der Waals surface area contributed by atoms with E-state index in [1.807, 2.05) is 0 Å². The first-order valence-corrected chi connectivity index (χ1v) is 14.1. The molecule has 7 rings (SSSR count). The topological polar surface area (TPSA) is 158 Å². The summed E-state index contributed by atoms with van der Waals surface area (Å²) in [6.45, 7) is 6.52. The number of ether oxygens (including phenoxy) is 5. The van der Waals surface area contributed by atoms with Gasteiger partial charge in [0.05, 0.1) is 42.2 Å². The molecule has 4 bridgehead atoms. The summed E-state index contributed by atoms with van der Waals surface area (Å²) in [6, 6.07) is 0. The van der Waals surface area contributed by atoms with Crippen LogP contribution >= 0.6 is 0 Å². The minimum atomic E-state index is -2.21. The highest BCUT2D eigenvalue weighted by molar-refractivity contribution is 5.93. The number of carbonyl (C=O) groups is 3. The predicted molar refractivity (Wildman–Crippen MR) is 133 cm³/mol. The van der Waals surface area contributed by atoms with E-state index in [0.717, 1.165) is 0 Å². The Hall–Kier alpha value is -2.15. The Balaban J connectivity index is 1.27. The van der Waals surface area contributed by atoms with E-state index < -0.39 is 75.7 Å². The summed E-state index contributed by atoms with van der Waals surface area (Å²) in [4.78, 5) is 38.3. The number of Topliss-reactive ketones (excluding diaryl/α,β-unsaturated/α-hetero) is 1. The van der Waals surface area contributed by atoms with Gasteiger partial charge in [-0.2, -0.15) is 0 Å². The van der Waals surface area contributed by atoms with E-state index >= 15 is 0 Å². The summed E-state index contributed by atoms with van der Waals surface area (Å²) in [6.07, 6.45) is 2.76. The molecule has 0 amide bonds. The molecular weight excluding hydrogens is 524 g/mol. The molecular formula is C29H36O11. The van der Waals surface area contributed by atoms with Crippen LogP contribution < -0.4 is 0 Å². The van der Waals surface area contributed by atoms with Gasteiger partial charge in [-0.1, -0.05) is 13.8 Å². The van der Waals surface area contributed by atoms with Crippen LogP contribution in [0.15, 0.2) is 23.5 Å². The van der Waals surface area contributed by atoms with Gasteiger partial charge >= 0.3 is 11.9 Å². The summed E-state index contributed by atoms with van der Waals surface area (Å²) in [7, 11) is 0. The third-order valence-electron chi connectivity index (χ3n) is 10.9. The maximum atomic E-state index is 13.9. The molecule has 218 valence electrons. The largest absolute Gasteiger partial charge is 0.456 e. The van der Waals surface area contributed by atoms with Crippen molar-refractivity contribution in [2.45, 2.75) is 107 Å². The summed E-state index contributed by atoms with van der Waals surface area (Å²) in [5, 5.41) is 34.6. The fourth-order valence-electron chi connectivity index (χ4n) is 9.30. The van der Waals surface area contributed by atoms with Gasteiger partial charge in [0.25, 0.3) is 0 Å². The van der Waals surface area contributed by atoms with Crippen molar-refractivity contribution < 1.29 is 53.4 Å². The Morgan fingerprint density at radius 1 is 1.18 bits per heavy atom. The third-order valence-corrected chi connectivity index (χ3v) is 10.9. The molecule has 11 nitrogen and oxygen atoms in total. The first-order chi connectivity index (χ1) is 18.6. The SMILES string of the molecule is CC1=C/C(=C/[C@H](C)C(=O)[C@@]2(C)CC[C@]34C[C@]56OC(=O)C[C@H]5O[C@@](C)(CO)[C@@H]6[C@@H]5C[C@H]3[C@@](O)(O5)[C@](O)(C2)O4)OC1=O. The number of hydrogen-bond donors (Lipinski definition) is 3. The Bertz CT molecular complexity index is 1290. The Labute approximate surface area is 231 Å². The van der Waals surface area contributed by atoms with Crippen LogP contribution in [0.5, 0.6) is 0 Å². The number of aliphatic hydroxyl groups is 3. The fraction of sp³-hybridized carbons (Fsp3) is 0.759. The Kier molecular flexibility index (Phi) is 5.22. The molecule has 1 saturated carbocycles. The molecule has 0 aromatic carbocycles. The maximum Gasteiger partial charge on any atom is 0.339 e. The van der Waals surface area contributed by atoms with E-state index in [-0.39, 0.29) is 31.7 Å². The molecule has 1 aliphatic carbocycles. The molecule has 0 unspecified atom stereocenters. The number of ketones is 1. The van der Waals surface area contributed by atoms with Crippen molar-refractivity contribution in [3.63, 3.8) is 0 Å². The predicted octanol–water partition coefficient (Wildman–Crippen LogP) is 1.18. The van der Waals surface area contributed by atoms with Crippen LogP contribution in [0.2, 0.25) is 0 Å². The van der Waals surface area contributed by atoms with E-state index in [4.69, 9.17) is 23.7 Å². The lowest BCUT2D eigenvalue weighted by molar-refractivity contribution is -0.361. The number of allylic oxidation sites excluding steroid dienone is 2. The van der Waals surface area contributed by atoms with Crippen molar-refractivity contribution >= 4 is 17.7 Å². The van der Waals surface area contributed by atoms with Crippen molar-refractivity contribution in [1.82, 2.24) is 0 Å². The summed E-state index contributed by atoms with van der Waals surface area (Å²) >= 11 is 0. The van der Waals surface area contributed by atoms with Crippen molar-refractivity contribution in [3.05, 3.63) is 23.5 Å². The van der Waals surface area contributed by atoms with Gasteiger partial charge < -0.3 is 39.0 Å².